The summed E-state index contributed by atoms with van der Waals surface area (Å²) in [6.45, 7) is 5.62. The van der Waals surface area contributed by atoms with Gasteiger partial charge in [-0.3, -0.25) is 9.59 Å². The molecule has 0 aromatic heterocycles. The highest BCUT2D eigenvalue weighted by Gasteiger charge is 2.31. The van der Waals surface area contributed by atoms with Gasteiger partial charge in [0.1, 0.15) is 19.0 Å². The summed E-state index contributed by atoms with van der Waals surface area (Å²) >= 11 is 0. The minimum Gasteiger partial charge on any atom is -0.490 e. The molecule has 6 rings (SSSR count). The van der Waals surface area contributed by atoms with Crippen LogP contribution >= 0.6 is 0 Å². The van der Waals surface area contributed by atoms with Crippen LogP contribution in [-0.4, -0.2) is 44.3 Å². The fraction of sp³-hybridized carbons (Fsp3) is 0.353. The monoisotopic (exact) mass is 539 g/mol. The van der Waals surface area contributed by atoms with Crippen LogP contribution in [0.5, 0.6) is 5.75 Å². The third-order valence-electron chi connectivity index (χ3n) is 7.72. The van der Waals surface area contributed by atoms with Crippen LogP contribution in [0, 0.1) is 11.8 Å². The fourth-order valence-corrected chi connectivity index (χ4v) is 5.38. The van der Waals surface area contributed by atoms with E-state index in [-0.39, 0.29) is 42.8 Å². The lowest BCUT2D eigenvalue weighted by Crippen LogP contribution is -2.45. The average Bonchev–Trinajstić information content (AvgIpc) is 3.28. The van der Waals surface area contributed by atoms with Crippen LogP contribution in [0.1, 0.15) is 42.9 Å². The number of carbonyl (C=O) groups excluding carboxylic acids is 2. The molecule has 3 aromatic carbocycles. The van der Waals surface area contributed by atoms with Crippen LogP contribution in [0.3, 0.4) is 0 Å². The molecule has 6 heteroatoms. The molecule has 40 heavy (non-hydrogen) atoms. The standard InChI is InChI=1S/C34H37NO5/c1-23(2)32-22-38-17-7-8-18-39-26-15-13-24(14-16-26)19-25(34(37)35-32)20-33(36)40-21-31-29-11-5-3-9-27(29)28-10-4-6-12-30(28)31/h3-16,23,25,31-32H,17-22H2,1-2H3,(H,35,37)/b8-7+/t25-,32+/m0/s1. The van der Waals surface area contributed by atoms with Crippen molar-refractivity contribution in [2.75, 3.05) is 26.4 Å². The molecule has 6 nitrogen and oxygen atoms in total. The van der Waals surface area contributed by atoms with Gasteiger partial charge in [0, 0.05) is 5.92 Å². The van der Waals surface area contributed by atoms with Gasteiger partial charge in [-0.05, 0) is 58.4 Å². The summed E-state index contributed by atoms with van der Waals surface area (Å²) in [5.41, 5.74) is 5.65. The highest BCUT2D eigenvalue weighted by molar-refractivity contribution is 5.84. The Morgan fingerprint density at radius 2 is 1.57 bits per heavy atom. The molecule has 0 saturated heterocycles. The zero-order chi connectivity index (χ0) is 27.9. The van der Waals surface area contributed by atoms with E-state index in [1.54, 1.807) is 0 Å². The second kappa shape index (κ2) is 13.0. The van der Waals surface area contributed by atoms with Crippen molar-refractivity contribution in [1.29, 1.82) is 0 Å². The zero-order valence-corrected chi connectivity index (χ0v) is 23.2. The second-order valence-electron chi connectivity index (χ2n) is 10.8. The third-order valence-corrected chi connectivity index (χ3v) is 7.72. The molecule has 3 aliphatic rings. The van der Waals surface area contributed by atoms with Gasteiger partial charge in [-0.2, -0.15) is 0 Å². The van der Waals surface area contributed by atoms with E-state index in [4.69, 9.17) is 14.2 Å². The first-order valence-electron chi connectivity index (χ1n) is 14.1. The summed E-state index contributed by atoms with van der Waals surface area (Å²) in [6, 6.07) is 24.0. The van der Waals surface area contributed by atoms with E-state index in [2.05, 4.69) is 43.4 Å². The third kappa shape index (κ3) is 6.62. The molecular formula is C34H37NO5. The Morgan fingerprint density at radius 1 is 0.925 bits per heavy atom. The van der Waals surface area contributed by atoms with E-state index in [0.29, 0.717) is 26.2 Å². The molecule has 2 aliphatic heterocycles. The number of benzene rings is 3. The van der Waals surface area contributed by atoms with Crippen LogP contribution in [0.25, 0.3) is 11.1 Å². The van der Waals surface area contributed by atoms with E-state index in [9.17, 15) is 9.59 Å². The molecule has 1 aliphatic carbocycles. The van der Waals surface area contributed by atoms with E-state index in [1.807, 2.05) is 60.7 Å². The van der Waals surface area contributed by atoms with Crippen molar-refractivity contribution in [2.45, 2.75) is 38.6 Å². The van der Waals surface area contributed by atoms with Crippen molar-refractivity contribution in [1.82, 2.24) is 5.32 Å². The largest absolute Gasteiger partial charge is 0.490 e. The first-order valence-corrected chi connectivity index (χ1v) is 14.1. The quantitative estimate of drug-likeness (QED) is 0.333. The number of hydrogen-bond acceptors (Lipinski definition) is 5. The smallest absolute Gasteiger partial charge is 0.306 e. The molecule has 2 heterocycles. The number of esters is 1. The number of carbonyl (C=O) groups is 2. The van der Waals surface area contributed by atoms with Crippen molar-refractivity contribution >= 4 is 11.9 Å². The Hall–Kier alpha value is -3.90. The lowest BCUT2D eigenvalue weighted by molar-refractivity contribution is -0.147. The molecule has 0 spiro atoms. The first kappa shape index (κ1) is 27.7. The summed E-state index contributed by atoms with van der Waals surface area (Å²) in [6.07, 6.45) is 4.25. The summed E-state index contributed by atoms with van der Waals surface area (Å²) in [5.74, 6) is -0.219. The van der Waals surface area contributed by atoms with Crippen molar-refractivity contribution in [3.63, 3.8) is 0 Å². The van der Waals surface area contributed by atoms with Crippen LogP contribution in [0.4, 0.5) is 0 Å². The lowest BCUT2D eigenvalue weighted by atomic mass is 9.94. The van der Waals surface area contributed by atoms with Gasteiger partial charge in [0.15, 0.2) is 0 Å². The van der Waals surface area contributed by atoms with Gasteiger partial charge in [-0.1, -0.05) is 80.6 Å². The molecule has 1 amide bonds. The van der Waals surface area contributed by atoms with Crippen LogP contribution < -0.4 is 10.1 Å². The molecule has 0 unspecified atom stereocenters. The molecule has 0 fully saturated rings. The van der Waals surface area contributed by atoms with Gasteiger partial charge in [-0.25, -0.2) is 0 Å². The molecular weight excluding hydrogens is 502 g/mol. The summed E-state index contributed by atoms with van der Waals surface area (Å²) in [5, 5.41) is 3.15. The SMILES string of the molecule is CC(C)[C@H]1COC/C=C/COc2ccc(cc2)C[C@@H](CC(=O)OCC2c3ccccc3-c3ccccc32)C(=O)N1. The molecule has 2 atom stereocenters. The van der Waals surface area contributed by atoms with Crippen molar-refractivity contribution in [2.24, 2.45) is 11.8 Å². The number of amides is 1. The maximum Gasteiger partial charge on any atom is 0.306 e. The summed E-state index contributed by atoms with van der Waals surface area (Å²) < 4.78 is 17.4. The molecule has 0 radical (unpaired) electrons. The van der Waals surface area contributed by atoms with E-state index in [1.165, 1.54) is 11.1 Å². The van der Waals surface area contributed by atoms with Crippen LogP contribution in [0.2, 0.25) is 0 Å². The van der Waals surface area contributed by atoms with Crippen molar-refractivity contribution < 1.29 is 23.8 Å². The molecule has 3 aromatic rings. The topological polar surface area (TPSA) is 73.9 Å². The Kier molecular flexibility index (Phi) is 8.97. The number of fused-ring (bicyclic) bond motifs is 15. The van der Waals surface area contributed by atoms with Gasteiger partial charge in [0.2, 0.25) is 5.91 Å². The van der Waals surface area contributed by atoms with Gasteiger partial charge >= 0.3 is 5.97 Å². The van der Waals surface area contributed by atoms with E-state index < -0.39 is 5.92 Å². The van der Waals surface area contributed by atoms with Gasteiger partial charge in [0.25, 0.3) is 0 Å². The fourth-order valence-electron chi connectivity index (χ4n) is 5.38. The number of ether oxygens (including phenoxy) is 3. The normalized spacial score (nSPS) is 20.3. The van der Waals surface area contributed by atoms with Gasteiger partial charge in [0.05, 0.1) is 31.6 Å². The first-order chi connectivity index (χ1) is 19.5. The maximum atomic E-state index is 13.5. The minimum absolute atomic E-state index is 0.00545. The molecule has 208 valence electrons. The van der Waals surface area contributed by atoms with Crippen molar-refractivity contribution in [3.05, 3.63) is 102 Å². The Labute approximate surface area is 236 Å². The average molecular weight is 540 g/mol. The minimum atomic E-state index is -0.573. The predicted molar refractivity (Wildman–Crippen MR) is 155 cm³/mol. The van der Waals surface area contributed by atoms with Crippen LogP contribution in [0.15, 0.2) is 84.9 Å². The Bertz CT molecular complexity index is 1300. The van der Waals surface area contributed by atoms with Gasteiger partial charge < -0.3 is 19.5 Å². The van der Waals surface area contributed by atoms with E-state index in [0.717, 1.165) is 22.4 Å². The Balaban J connectivity index is 1.30. The number of nitrogens with one attached hydrogen (secondary N) is 1. The molecule has 1 N–H and O–H groups in total. The zero-order valence-electron chi connectivity index (χ0n) is 23.2. The molecule has 0 saturated carbocycles. The van der Waals surface area contributed by atoms with E-state index >= 15 is 0 Å². The number of rotatable bonds is 5. The highest BCUT2D eigenvalue weighted by atomic mass is 16.5. The lowest BCUT2D eigenvalue weighted by Gasteiger charge is -2.25. The summed E-state index contributed by atoms with van der Waals surface area (Å²) in [4.78, 5) is 26.8. The summed E-state index contributed by atoms with van der Waals surface area (Å²) in [7, 11) is 0. The van der Waals surface area contributed by atoms with Crippen LogP contribution in [-0.2, 0) is 25.5 Å². The van der Waals surface area contributed by atoms with Gasteiger partial charge in [-0.15, -0.1) is 0 Å². The predicted octanol–water partition coefficient (Wildman–Crippen LogP) is 5.70. The Morgan fingerprint density at radius 3 is 2.25 bits per heavy atom. The molecule has 2 bridgehead atoms. The second-order valence-corrected chi connectivity index (χ2v) is 10.8. The number of hydrogen-bond donors (Lipinski definition) is 1. The van der Waals surface area contributed by atoms with Crippen molar-refractivity contribution in [3.8, 4) is 16.9 Å². The highest BCUT2D eigenvalue weighted by Crippen LogP contribution is 2.44. The maximum absolute atomic E-state index is 13.5.